The molecule has 0 amide bonds. The van der Waals surface area contributed by atoms with Gasteiger partial charge in [0.1, 0.15) is 0 Å². The maximum atomic E-state index is 4.02. The highest BCUT2D eigenvalue weighted by Gasteiger charge is 1.98. The Bertz CT molecular complexity index is 342. The lowest BCUT2D eigenvalue weighted by Crippen LogP contribution is -1.93. The van der Waals surface area contributed by atoms with Crippen molar-refractivity contribution in [3.63, 3.8) is 0 Å². The zero-order chi connectivity index (χ0) is 8.93. The molecule has 0 saturated heterocycles. The third-order valence-electron chi connectivity index (χ3n) is 1.75. The number of hydrogen-bond donors (Lipinski definition) is 1. The highest BCUT2D eigenvalue weighted by molar-refractivity contribution is 5.09. The smallest absolute Gasteiger partial charge is 0.174 e. The van der Waals surface area contributed by atoms with Gasteiger partial charge in [0.2, 0.25) is 0 Å². The van der Waals surface area contributed by atoms with Crippen molar-refractivity contribution in [2.24, 2.45) is 0 Å². The van der Waals surface area contributed by atoms with Gasteiger partial charge in [-0.3, -0.25) is 4.98 Å². The van der Waals surface area contributed by atoms with Gasteiger partial charge in [-0.1, -0.05) is 11.3 Å². The zero-order valence-electron chi connectivity index (χ0n) is 7.01. The fraction of sp³-hybridized carbons (Fsp3) is 0.250. The normalized spacial score (nSPS) is 10.2. The Balaban J connectivity index is 1.94. The van der Waals surface area contributed by atoms with Gasteiger partial charge in [0.05, 0.1) is 0 Å². The molecule has 0 aliphatic heterocycles. The van der Waals surface area contributed by atoms with Crippen LogP contribution in [0.2, 0.25) is 0 Å². The molecule has 0 bridgehead atoms. The summed E-state index contributed by atoms with van der Waals surface area (Å²) in [7, 11) is 0. The Morgan fingerprint density at radius 3 is 3.00 bits per heavy atom. The maximum absolute atomic E-state index is 4.02. The molecule has 0 radical (unpaired) electrons. The zero-order valence-corrected chi connectivity index (χ0v) is 7.01. The van der Waals surface area contributed by atoms with Gasteiger partial charge in [0, 0.05) is 18.8 Å². The van der Waals surface area contributed by atoms with Gasteiger partial charge >= 0.3 is 0 Å². The topological polar surface area (TPSA) is 67.3 Å². The van der Waals surface area contributed by atoms with Crippen LogP contribution in [0, 0.1) is 0 Å². The second kappa shape index (κ2) is 3.75. The van der Waals surface area contributed by atoms with Crippen molar-refractivity contribution in [1.82, 2.24) is 25.6 Å². The Morgan fingerprint density at radius 2 is 2.31 bits per heavy atom. The highest BCUT2D eigenvalue weighted by Crippen LogP contribution is 2.00. The first-order chi connectivity index (χ1) is 6.45. The van der Waals surface area contributed by atoms with Gasteiger partial charge in [0.15, 0.2) is 5.82 Å². The molecular formula is C8H9N5. The van der Waals surface area contributed by atoms with Crippen LogP contribution in [0.3, 0.4) is 0 Å². The Morgan fingerprint density at radius 1 is 1.31 bits per heavy atom. The van der Waals surface area contributed by atoms with E-state index in [2.05, 4.69) is 25.6 Å². The van der Waals surface area contributed by atoms with Crippen LogP contribution in [0.15, 0.2) is 24.5 Å². The number of aromatic amines is 1. The van der Waals surface area contributed by atoms with Crippen LogP contribution in [0.1, 0.15) is 11.4 Å². The van der Waals surface area contributed by atoms with E-state index in [1.807, 2.05) is 18.3 Å². The fourth-order valence-electron chi connectivity index (χ4n) is 1.09. The maximum Gasteiger partial charge on any atom is 0.174 e. The molecule has 2 aromatic rings. The lowest BCUT2D eigenvalue weighted by atomic mass is 10.1. The van der Waals surface area contributed by atoms with E-state index in [-0.39, 0.29) is 0 Å². The minimum absolute atomic E-state index is 0.740. The summed E-state index contributed by atoms with van der Waals surface area (Å²) in [6.45, 7) is 0. The average Bonchev–Trinajstić information content (AvgIpc) is 2.69. The number of aromatic nitrogens is 5. The van der Waals surface area contributed by atoms with E-state index in [1.54, 1.807) is 6.20 Å². The molecule has 0 aliphatic rings. The number of aryl methyl sites for hydroxylation is 2. The molecule has 1 N–H and O–H groups in total. The van der Waals surface area contributed by atoms with E-state index in [4.69, 9.17) is 0 Å². The van der Waals surface area contributed by atoms with E-state index in [0.717, 1.165) is 18.7 Å². The van der Waals surface area contributed by atoms with Crippen LogP contribution in [-0.2, 0) is 12.8 Å². The first-order valence-corrected chi connectivity index (χ1v) is 4.06. The molecule has 5 nitrogen and oxygen atoms in total. The predicted octanol–water partition coefficient (Wildman–Crippen LogP) is 0.380. The van der Waals surface area contributed by atoms with E-state index in [9.17, 15) is 0 Å². The minimum atomic E-state index is 0.740. The summed E-state index contributed by atoms with van der Waals surface area (Å²) < 4.78 is 0. The molecule has 66 valence electrons. The molecule has 2 rings (SSSR count). The Hall–Kier alpha value is -1.78. The molecule has 0 saturated carbocycles. The molecule has 0 fully saturated rings. The summed E-state index contributed by atoms with van der Waals surface area (Å²) >= 11 is 0. The number of hydrogen-bond acceptors (Lipinski definition) is 4. The average molecular weight is 175 g/mol. The second-order valence-electron chi connectivity index (χ2n) is 2.69. The summed E-state index contributed by atoms with van der Waals surface area (Å²) in [5.74, 6) is 0.740. The number of rotatable bonds is 3. The second-order valence-corrected chi connectivity index (χ2v) is 2.69. The van der Waals surface area contributed by atoms with E-state index in [1.165, 1.54) is 5.56 Å². The van der Waals surface area contributed by atoms with Gasteiger partial charge in [-0.15, -0.1) is 10.2 Å². The van der Waals surface area contributed by atoms with Crippen molar-refractivity contribution in [3.8, 4) is 0 Å². The van der Waals surface area contributed by atoms with Gasteiger partial charge in [-0.05, 0) is 18.1 Å². The van der Waals surface area contributed by atoms with Gasteiger partial charge in [-0.2, -0.15) is 5.21 Å². The quantitative estimate of drug-likeness (QED) is 0.732. The summed E-state index contributed by atoms with van der Waals surface area (Å²) in [4.78, 5) is 4.02. The first-order valence-electron chi connectivity index (χ1n) is 4.06. The third-order valence-corrected chi connectivity index (χ3v) is 1.75. The van der Waals surface area contributed by atoms with E-state index >= 15 is 0 Å². The van der Waals surface area contributed by atoms with Crippen LogP contribution < -0.4 is 0 Å². The molecule has 2 aromatic heterocycles. The van der Waals surface area contributed by atoms with Gasteiger partial charge in [0.25, 0.3) is 0 Å². The molecule has 0 aromatic carbocycles. The number of H-pyrrole nitrogens is 1. The molecule has 2 heterocycles. The van der Waals surface area contributed by atoms with Crippen molar-refractivity contribution in [1.29, 1.82) is 0 Å². The van der Waals surface area contributed by atoms with E-state index < -0.39 is 0 Å². The number of tetrazole rings is 1. The molecule has 0 unspecified atom stereocenters. The summed E-state index contributed by atoms with van der Waals surface area (Å²) in [5.41, 5.74) is 1.19. The summed E-state index contributed by atoms with van der Waals surface area (Å²) in [6.07, 6.45) is 5.30. The number of nitrogens with one attached hydrogen (secondary N) is 1. The highest BCUT2D eigenvalue weighted by atomic mass is 15.5. The van der Waals surface area contributed by atoms with Crippen molar-refractivity contribution in [3.05, 3.63) is 35.9 Å². The molecule has 0 aliphatic carbocycles. The van der Waals surface area contributed by atoms with Gasteiger partial charge < -0.3 is 0 Å². The standard InChI is InChI=1S/C8H9N5/c1-2-7(6-9-5-1)3-4-8-10-12-13-11-8/h1-2,5-6H,3-4H2,(H,10,11,12,13). The first kappa shape index (κ1) is 7.85. The molecule has 0 spiro atoms. The summed E-state index contributed by atoms with van der Waals surface area (Å²) in [5, 5.41) is 13.6. The SMILES string of the molecule is c1cncc(CCc2nn[nH]n2)c1. The predicted molar refractivity (Wildman–Crippen MR) is 45.8 cm³/mol. The van der Waals surface area contributed by atoms with Crippen LogP contribution in [0.4, 0.5) is 0 Å². The van der Waals surface area contributed by atoms with Crippen LogP contribution in [-0.4, -0.2) is 25.6 Å². The lowest BCUT2D eigenvalue weighted by molar-refractivity contribution is 0.860. The van der Waals surface area contributed by atoms with Crippen LogP contribution in [0.5, 0.6) is 0 Å². The van der Waals surface area contributed by atoms with Crippen molar-refractivity contribution < 1.29 is 0 Å². The molecule has 13 heavy (non-hydrogen) atoms. The van der Waals surface area contributed by atoms with Crippen LogP contribution >= 0.6 is 0 Å². The monoisotopic (exact) mass is 175 g/mol. The fourth-order valence-corrected chi connectivity index (χ4v) is 1.09. The number of nitrogens with zero attached hydrogens (tertiary/aromatic N) is 4. The molecular weight excluding hydrogens is 166 g/mol. The lowest BCUT2D eigenvalue weighted by Gasteiger charge is -1.95. The van der Waals surface area contributed by atoms with Crippen molar-refractivity contribution in [2.75, 3.05) is 0 Å². The Labute approximate surface area is 75.2 Å². The van der Waals surface area contributed by atoms with E-state index in [0.29, 0.717) is 0 Å². The molecule has 5 heteroatoms. The van der Waals surface area contributed by atoms with Crippen molar-refractivity contribution >= 4 is 0 Å². The molecule has 0 atom stereocenters. The third kappa shape index (κ3) is 2.08. The van der Waals surface area contributed by atoms with Gasteiger partial charge in [-0.25, -0.2) is 0 Å². The van der Waals surface area contributed by atoms with Crippen LogP contribution in [0.25, 0.3) is 0 Å². The Kier molecular flexibility index (Phi) is 2.26. The van der Waals surface area contributed by atoms with Crippen molar-refractivity contribution in [2.45, 2.75) is 12.8 Å². The minimum Gasteiger partial charge on any atom is -0.264 e. The largest absolute Gasteiger partial charge is 0.264 e. The number of pyridine rings is 1. The summed E-state index contributed by atoms with van der Waals surface area (Å²) in [6, 6.07) is 3.96.